The van der Waals surface area contributed by atoms with Crippen molar-refractivity contribution in [3.63, 3.8) is 0 Å². The molecule has 3 heterocycles. The third-order valence-corrected chi connectivity index (χ3v) is 5.75. The first-order valence-electron chi connectivity index (χ1n) is 9.78. The van der Waals surface area contributed by atoms with Crippen LogP contribution in [0.15, 0.2) is 65.7 Å². The minimum Gasteiger partial charge on any atom is -0.346 e. The molecule has 4 aromatic rings. The summed E-state index contributed by atoms with van der Waals surface area (Å²) in [5.74, 6) is -0.269. The molecule has 0 aliphatic carbocycles. The van der Waals surface area contributed by atoms with Crippen LogP contribution in [0.4, 0.5) is 4.39 Å². The minimum atomic E-state index is -0.269. The van der Waals surface area contributed by atoms with Gasteiger partial charge in [-0.05, 0) is 66.7 Å². The van der Waals surface area contributed by atoms with Crippen molar-refractivity contribution in [2.24, 2.45) is 0 Å². The highest BCUT2D eigenvalue weighted by atomic mass is 19.1. The molecule has 28 heavy (non-hydrogen) atoms. The highest BCUT2D eigenvalue weighted by molar-refractivity contribution is 6.06. The molecule has 1 aliphatic heterocycles. The molecule has 0 saturated carbocycles. The number of aromatic nitrogens is 2. The zero-order valence-electron chi connectivity index (χ0n) is 15.6. The van der Waals surface area contributed by atoms with Gasteiger partial charge in [-0.25, -0.2) is 4.39 Å². The van der Waals surface area contributed by atoms with Crippen LogP contribution in [-0.4, -0.2) is 21.7 Å². The summed E-state index contributed by atoms with van der Waals surface area (Å²) >= 11 is 0. The molecular formula is C23H22FN3O. The number of hydrogen-bond donors (Lipinski definition) is 1. The molecular weight excluding hydrogens is 353 g/mol. The number of benzene rings is 2. The van der Waals surface area contributed by atoms with Crippen LogP contribution >= 0.6 is 0 Å². The van der Waals surface area contributed by atoms with Gasteiger partial charge in [-0.3, -0.25) is 4.79 Å². The molecule has 1 aliphatic rings. The molecule has 5 heteroatoms. The Hall–Kier alpha value is -2.92. The normalized spacial score (nSPS) is 17.0. The maximum atomic E-state index is 13.1. The Balaban J connectivity index is 1.53. The number of pyridine rings is 1. The summed E-state index contributed by atoms with van der Waals surface area (Å²) < 4.78 is 17.1. The molecule has 1 saturated heterocycles. The van der Waals surface area contributed by atoms with Gasteiger partial charge in [0.1, 0.15) is 5.82 Å². The second-order valence-corrected chi connectivity index (χ2v) is 7.60. The molecule has 5 rings (SSSR count). The zero-order chi connectivity index (χ0) is 19.1. The van der Waals surface area contributed by atoms with Gasteiger partial charge in [-0.1, -0.05) is 12.1 Å². The van der Waals surface area contributed by atoms with Crippen LogP contribution in [0.1, 0.15) is 18.4 Å². The minimum absolute atomic E-state index is 0.0195. The molecule has 1 atom stereocenters. The Kier molecular flexibility index (Phi) is 4.24. The molecule has 0 amide bonds. The lowest BCUT2D eigenvalue weighted by molar-refractivity contribution is 0.519. The lowest BCUT2D eigenvalue weighted by atomic mass is 10.1. The van der Waals surface area contributed by atoms with Crippen molar-refractivity contribution in [2.75, 3.05) is 6.54 Å². The van der Waals surface area contributed by atoms with E-state index in [0.717, 1.165) is 34.9 Å². The van der Waals surface area contributed by atoms with Crippen molar-refractivity contribution < 1.29 is 4.39 Å². The van der Waals surface area contributed by atoms with Crippen molar-refractivity contribution in [1.29, 1.82) is 0 Å². The maximum Gasteiger partial charge on any atom is 0.258 e. The molecule has 1 fully saturated rings. The summed E-state index contributed by atoms with van der Waals surface area (Å²) in [7, 11) is 0. The lowest BCUT2D eigenvalue weighted by Gasteiger charge is -2.13. The fourth-order valence-corrected chi connectivity index (χ4v) is 4.27. The van der Waals surface area contributed by atoms with Crippen LogP contribution < -0.4 is 10.9 Å². The van der Waals surface area contributed by atoms with E-state index >= 15 is 0 Å². The molecule has 0 unspecified atom stereocenters. The summed E-state index contributed by atoms with van der Waals surface area (Å²) in [6.45, 7) is 2.48. The first-order valence-corrected chi connectivity index (χ1v) is 9.78. The van der Waals surface area contributed by atoms with E-state index in [-0.39, 0.29) is 11.4 Å². The van der Waals surface area contributed by atoms with Gasteiger partial charge in [0.05, 0.1) is 6.54 Å². The van der Waals surface area contributed by atoms with Gasteiger partial charge in [0, 0.05) is 41.3 Å². The summed E-state index contributed by atoms with van der Waals surface area (Å²) in [6, 6.07) is 14.9. The van der Waals surface area contributed by atoms with Gasteiger partial charge >= 0.3 is 0 Å². The van der Waals surface area contributed by atoms with Gasteiger partial charge < -0.3 is 14.5 Å². The molecule has 0 radical (unpaired) electrons. The van der Waals surface area contributed by atoms with E-state index in [9.17, 15) is 9.18 Å². The second-order valence-electron chi connectivity index (χ2n) is 7.60. The van der Waals surface area contributed by atoms with Crippen molar-refractivity contribution in [3.05, 3.63) is 82.7 Å². The monoisotopic (exact) mass is 375 g/mol. The zero-order valence-corrected chi connectivity index (χ0v) is 15.6. The molecule has 0 bridgehead atoms. The first-order chi connectivity index (χ1) is 13.7. The van der Waals surface area contributed by atoms with Crippen LogP contribution in [0.3, 0.4) is 0 Å². The standard InChI is InChI=1S/C23H22FN3O/c24-17-5-3-16(4-6-17)14-27-13-9-19-20-10-12-26(15-18-2-1-11-25-18)22(20)8-7-21(19)23(27)28/h3-10,12-13,18,25H,1-2,11,14-15H2/t18-/m0/s1. The highest BCUT2D eigenvalue weighted by Crippen LogP contribution is 2.25. The number of hydrogen-bond acceptors (Lipinski definition) is 2. The number of fused-ring (bicyclic) bond motifs is 3. The lowest BCUT2D eigenvalue weighted by Crippen LogP contribution is -2.26. The third-order valence-electron chi connectivity index (χ3n) is 5.75. The molecule has 2 aromatic carbocycles. The van der Waals surface area contributed by atoms with Gasteiger partial charge in [-0.15, -0.1) is 0 Å². The van der Waals surface area contributed by atoms with E-state index in [0.29, 0.717) is 18.0 Å². The van der Waals surface area contributed by atoms with Crippen molar-refractivity contribution in [1.82, 2.24) is 14.5 Å². The Morgan fingerprint density at radius 2 is 1.71 bits per heavy atom. The summed E-state index contributed by atoms with van der Waals surface area (Å²) in [5.41, 5.74) is 2.05. The largest absolute Gasteiger partial charge is 0.346 e. The Morgan fingerprint density at radius 1 is 0.929 bits per heavy atom. The van der Waals surface area contributed by atoms with Crippen molar-refractivity contribution in [3.8, 4) is 0 Å². The van der Waals surface area contributed by atoms with Crippen LogP contribution in [0.25, 0.3) is 21.7 Å². The molecule has 0 spiro atoms. The van der Waals surface area contributed by atoms with E-state index in [1.54, 1.807) is 16.7 Å². The van der Waals surface area contributed by atoms with Crippen LogP contribution in [0.2, 0.25) is 0 Å². The number of nitrogens with zero attached hydrogens (tertiary/aromatic N) is 2. The maximum absolute atomic E-state index is 13.1. The highest BCUT2D eigenvalue weighted by Gasteiger charge is 2.16. The fourth-order valence-electron chi connectivity index (χ4n) is 4.27. The third kappa shape index (κ3) is 3.02. The molecule has 142 valence electrons. The van der Waals surface area contributed by atoms with Gasteiger partial charge in [0.2, 0.25) is 0 Å². The average molecular weight is 375 g/mol. The SMILES string of the molecule is O=c1c2ccc3c(ccn3C[C@@H]3CCCN3)c2ccn1Cc1ccc(F)cc1. The molecule has 2 aromatic heterocycles. The Labute approximate surface area is 162 Å². The average Bonchev–Trinajstić information content (AvgIpc) is 3.36. The van der Waals surface area contributed by atoms with Gasteiger partial charge in [-0.2, -0.15) is 0 Å². The Morgan fingerprint density at radius 3 is 2.50 bits per heavy atom. The van der Waals surface area contributed by atoms with Gasteiger partial charge in [0.15, 0.2) is 0 Å². The second kappa shape index (κ2) is 6.91. The van der Waals surface area contributed by atoms with E-state index in [2.05, 4.69) is 28.2 Å². The van der Waals surface area contributed by atoms with Crippen LogP contribution in [-0.2, 0) is 13.1 Å². The van der Waals surface area contributed by atoms with E-state index in [1.165, 1.54) is 25.0 Å². The summed E-state index contributed by atoms with van der Waals surface area (Å²) in [5, 5.41) is 6.35. The predicted octanol–water partition coefficient (Wildman–Crippen LogP) is 3.90. The van der Waals surface area contributed by atoms with Crippen LogP contribution in [0, 0.1) is 5.82 Å². The molecule has 1 N–H and O–H groups in total. The summed E-state index contributed by atoms with van der Waals surface area (Å²) in [6.07, 6.45) is 6.40. The topological polar surface area (TPSA) is 39.0 Å². The van der Waals surface area contributed by atoms with Crippen LogP contribution in [0.5, 0.6) is 0 Å². The van der Waals surface area contributed by atoms with E-state index in [4.69, 9.17) is 0 Å². The summed E-state index contributed by atoms with van der Waals surface area (Å²) in [4.78, 5) is 13.0. The Bertz CT molecular complexity index is 1200. The van der Waals surface area contributed by atoms with E-state index < -0.39 is 0 Å². The smallest absolute Gasteiger partial charge is 0.258 e. The van der Waals surface area contributed by atoms with Crippen molar-refractivity contribution in [2.45, 2.75) is 32.0 Å². The predicted molar refractivity (Wildman–Crippen MR) is 110 cm³/mol. The number of rotatable bonds is 4. The molecule has 4 nitrogen and oxygen atoms in total. The quantitative estimate of drug-likeness (QED) is 0.588. The van der Waals surface area contributed by atoms with Crippen molar-refractivity contribution >= 4 is 21.7 Å². The number of halogens is 1. The fraction of sp³-hybridized carbons (Fsp3) is 0.261. The first kappa shape index (κ1) is 17.2. The van der Waals surface area contributed by atoms with E-state index in [1.807, 2.05) is 18.3 Å². The van der Waals surface area contributed by atoms with Gasteiger partial charge in [0.25, 0.3) is 5.56 Å². The number of nitrogens with one attached hydrogen (secondary N) is 1.